The normalized spacial score (nSPS) is 11.3. The Labute approximate surface area is 116 Å². The maximum Gasteiger partial charge on any atom is 0.175 e. The first kappa shape index (κ1) is 13.7. The SMILES string of the molecule is CS(=O)(=O)c1ccc(Oc2ccc(N)cc2Cl)cc1. The van der Waals surface area contributed by atoms with Crippen LogP contribution in [-0.4, -0.2) is 14.7 Å². The second-order valence-electron chi connectivity index (χ2n) is 4.04. The molecular weight excluding hydrogens is 286 g/mol. The van der Waals surface area contributed by atoms with Gasteiger partial charge < -0.3 is 10.5 Å². The highest BCUT2D eigenvalue weighted by Crippen LogP contribution is 2.31. The monoisotopic (exact) mass is 297 g/mol. The van der Waals surface area contributed by atoms with E-state index in [0.29, 0.717) is 22.2 Å². The van der Waals surface area contributed by atoms with Crippen LogP contribution in [0.15, 0.2) is 47.4 Å². The van der Waals surface area contributed by atoms with Gasteiger partial charge in [-0.1, -0.05) is 11.6 Å². The Morgan fingerprint density at radius 2 is 1.74 bits per heavy atom. The van der Waals surface area contributed by atoms with Crippen LogP contribution < -0.4 is 10.5 Å². The van der Waals surface area contributed by atoms with Gasteiger partial charge in [0.15, 0.2) is 9.84 Å². The van der Waals surface area contributed by atoms with Gasteiger partial charge in [-0.3, -0.25) is 0 Å². The van der Waals surface area contributed by atoms with Crippen molar-refractivity contribution < 1.29 is 13.2 Å². The molecule has 2 aromatic carbocycles. The second-order valence-corrected chi connectivity index (χ2v) is 6.46. The summed E-state index contributed by atoms with van der Waals surface area (Å²) in [4.78, 5) is 0.239. The molecule has 0 spiro atoms. The average molecular weight is 298 g/mol. The molecule has 0 saturated heterocycles. The number of ether oxygens (including phenoxy) is 1. The molecule has 0 unspecified atom stereocenters. The van der Waals surface area contributed by atoms with Gasteiger partial charge in [-0.05, 0) is 42.5 Å². The van der Waals surface area contributed by atoms with Crippen LogP contribution in [0.5, 0.6) is 11.5 Å². The first-order chi connectivity index (χ1) is 8.86. The summed E-state index contributed by atoms with van der Waals surface area (Å²) >= 11 is 5.98. The van der Waals surface area contributed by atoms with Crippen LogP contribution in [0, 0.1) is 0 Å². The minimum absolute atomic E-state index is 0.239. The minimum Gasteiger partial charge on any atom is -0.456 e. The summed E-state index contributed by atoms with van der Waals surface area (Å²) in [5, 5.41) is 0.396. The molecular formula is C13H12ClNO3S. The quantitative estimate of drug-likeness (QED) is 0.884. The van der Waals surface area contributed by atoms with Crippen molar-refractivity contribution in [2.24, 2.45) is 0 Å². The van der Waals surface area contributed by atoms with Crippen LogP contribution in [0.1, 0.15) is 0 Å². The number of hydrogen-bond acceptors (Lipinski definition) is 4. The molecule has 6 heteroatoms. The zero-order valence-corrected chi connectivity index (χ0v) is 11.7. The summed E-state index contributed by atoms with van der Waals surface area (Å²) in [6.45, 7) is 0. The molecule has 0 heterocycles. The van der Waals surface area contributed by atoms with E-state index in [1.807, 2.05) is 0 Å². The fourth-order valence-electron chi connectivity index (χ4n) is 1.48. The highest BCUT2D eigenvalue weighted by atomic mass is 35.5. The van der Waals surface area contributed by atoms with Gasteiger partial charge >= 0.3 is 0 Å². The molecule has 0 aliphatic heterocycles. The lowest BCUT2D eigenvalue weighted by Gasteiger charge is -2.08. The third-order valence-electron chi connectivity index (χ3n) is 2.44. The Morgan fingerprint density at radius 1 is 1.11 bits per heavy atom. The summed E-state index contributed by atoms with van der Waals surface area (Å²) in [6, 6.07) is 11.0. The van der Waals surface area contributed by atoms with Gasteiger partial charge in [-0.2, -0.15) is 0 Å². The summed E-state index contributed by atoms with van der Waals surface area (Å²) < 4.78 is 28.2. The molecule has 2 N–H and O–H groups in total. The molecule has 0 aliphatic carbocycles. The molecule has 4 nitrogen and oxygen atoms in total. The maximum atomic E-state index is 11.3. The van der Waals surface area contributed by atoms with Crippen molar-refractivity contribution in [3.05, 3.63) is 47.5 Å². The molecule has 0 amide bonds. The number of rotatable bonds is 3. The fraction of sp³-hybridized carbons (Fsp3) is 0.0769. The summed E-state index contributed by atoms with van der Waals surface area (Å²) in [7, 11) is -3.20. The molecule has 2 rings (SSSR count). The van der Waals surface area contributed by atoms with E-state index >= 15 is 0 Å². The molecule has 0 radical (unpaired) electrons. The Hall–Kier alpha value is -1.72. The van der Waals surface area contributed by atoms with E-state index in [0.717, 1.165) is 6.26 Å². The number of anilines is 1. The topological polar surface area (TPSA) is 69.4 Å². The minimum atomic E-state index is -3.20. The maximum absolute atomic E-state index is 11.3. The number of hydrogen-bond donors (Lipinski definition) is 1. The zero-order valence-electron chi connectivity index (χ0n) is 10.1. The highest BCUT2D eigenvalue weighted by molar-refractivity contribution is 7.90. The van der Waals surface area contributed by atoms with Gasteiger partial charge in [0.1, 0.15) is 11.5 Å². The van der Waals surface area contributed by atoms with Crippen molar-refractivity contribution in [2.45, 2.75) is 4.90 Å². The van der Waals surface area contributed by atoms with E-state index in [1.54, 1.807) is 30.3 Å². The van der Waals surface area contributed by atoms with Crippen LogP contribution in [-0.2, 0) is 9.84 Å². The number of benzene rings is 2. The lowest BCUT2D eigenvalue weighted by atomic mass is 10.3. The number of nitrogens with two attached hydrogens (primary N) is 1. The van der Waals surface area contributed by atoms with Crippen LogP contribution in [0.3, 0.4) is 0 Å². The van der Waals surface area contributed by atoms with E-state index in [-0.39, 0.29) is 4.90 Å². The van der Waals surface area contributed by atoms with Crippen molar-refractivity contribution in [2.75, 3.05) is 12.0 Å². The summed E-state index contributed by atoms with van der Waals surface area (Å²) in [6.07, 6.45) is 1.15. The summed E-state index contributed by atoms with van der Waals surface area (Å²) in [5.74, 6) is 0.960. The molecule has 0 aliphatic rings. The van der Waals surface area contributed by atoms with E-state index in [1.165, 1.54) is 12.1 Å². The Morgan fingerprint density at radius 3 is 2.26 bits per heavy atom. The van der Waals surface area contributed by atoms with Gasteiger partial charge in [0.2, 0.25) is 0 Å². The lowest BCUT2D eigenvalue weighted by Crippen LogP contribution is -1.96. The predicted molar refractivity (Wildman–Crippen MR) is 75.5 cm³/mol. The van der Waals surface area contributed by atoms with Crippen molar-refractivity contribution in [3.63, 3.8) is 0 Å². The molecule has 0 saturated carbocycles. The van der Waals surface area contributed by atoms with Crippen LogP contribution in [0.25, 0.3) is 0 Å². The number of halogens is 1. The number of sulfone groups is 1. The zero-order chi connectivity index (χ0) is 14.0. The Balaban J connectivity index is 2.25. The van der Waals surface area contributed by atoms with E-state index in [9.17, 15) is 8.42 Å². The third-order valence-corrected chi connectivity index (χ3v) is 3.86. The van der Waals surface area contributed by atoms with Crippen molar-refractivity contribution in [3.8, 4) is 11.5 Å². The number of nitrogen functional groups attached to an aromatic ring is 1. The molecule has 0 fully saturated rings. The lowest BCUT2D eigenvalue weighted by molar-refractivity contribution is 0.482. The third kappa shape index (κ3) is 3.39. The van der Waals surface area contributed by atoms with E-state index < -0.39 is 9.84 Å². The Kier molecular flexibility index (Phi) is 3.68. The molecule has 0 aromatic heterocycles. The van der Waals surface area contributed by atoms with Crippen molar-refractivity contribution in [1.29, 1.82) is 0 Å². The van der Waals surface area contributed by atoms with Crippen LogP contribution in [0.2, 0.25) is 5.02 Å². The molecule has 2 aromatic rings. The molecule has 19 heavy (non-hydrogen) atoms. The Bertz CT molecular complexity index is 696. The van der Waals surface area contributed by atoms with Crippen molar-refractivity contribution in [1.82, 2.24) is 0 Å². The summed E-state index contributed by atoms with van der Waals surface area (Å²) in [5.41, 5.74) is 6.13. The van der Waals surface area contributed by atoms with Gasteiger partial charge in [-0.15, -0.1) is 0 Å². The van der Waals surface area contributed by atoms with Gasteiger partial charge in [0.05, 0.1) is 9.92 Å². The van der Waals surface area contributed by atoms with E-state index in [4.69, 9.17) is 22.1 Å². The smallest absolute Gasteiger partial charge is 0.175 e. The molecule has 0 atom stereocenters. The molecule has 100 valence electrons. The largest absolute Gasteiger partial charge is 0.456 e. The van der Waals surface area contributed by atoms with Crippen LogP contribution in [0.4, 0.5) is 5.69 Å². The first-order valence-corrected chi connectivity index (χ1v) is 7.66. The average Bonchev–Trinajstić information content (AvgIpc) is 2.32. The van der Waals surface area contributed by atoms with Crippen LogP contribution >= 0.6 is 11.6 Å². The standard InChI is InChI=1S/C13H12ClNO3S/c1-19(16,17)11-5-3-10(4-6-11)18-13-7-2-9(15)8-12(13)14/h2-8H,15H2,1H3. The highest BCUT2D eigenvalue weighted by Gasteiger charge is 2.08. The second kappa shape index (κ2) is 5.11. The van der Waals surface area contributed by atoms with Gasteiger partial charge in [-0.25, -0.2) is 8.42 Å². The predicted octanol–water partition coefficient (Wildman–Crippen LogP) is 3.12. The van der Waals surface area contributed by atoms with E-state index in [2.05, 4.69) is 0 Å². The van der Waals surface area contributed by atoms with Gasteiger partial charge in [0.25, 0.3) is 0 Å². The molecule has 0 bridgehead atoms. The van der Waals surface area contributed by atoms with Gasteiger partial charge in [0, 0.05) is 11.9 Å². The fourth-order valence-corrected chi connectivity index (χ4v) is 2.34. The first-order valence-electron chi connectivity index (χ1n) is 5.39. The van der Waals surface area contributed by atoms with Crippen molar-refractivity contribution >= 4 is 27.1 Å².